The van der Waals surface area contributed by atoms with Gasteiger partial charge in [0.15, 0.2) is 0 Å². The highest BCUT2D eigenvalue weighted by Crippen LogP contribution is 2.37. The zero-order valence-electron chi connectivity index (χ0n) is 12.1. The quantitative estimate of drug-likeness (QED) is 0.836. The molecule has 1 aromatic rings. The van der Waals surface area contributed by atoms with Gasteiger partial charge in [0.05, 0.1) is 13.0 Å². The molecule has 1 amide bonds. The minimum atomic E-state index is 0.0950. The van der Waals surface area contributed by atoms with Crippen molar-refractivity contribution in [2.45, 2.75) is 32.7 Å². The Morgan fingerprint density at radius 2 is 2.15 bits per heavy atom. The summed E-state index contributed by atoms with van der Waals surface area (Å²) in [4.78, 5) is 11.9. The fourth-order valence-corrected chi connectivity index (χ4v) is 2.04. The molecule has 0 heterocycles. The summed E-state index contributed by atoms with van der Waals surface area (Å²) in [5.74, 6) is 7.62. The summed E-state index contributed by atoms with van der Waals surface area (Å²) in [7, 11) is 1.64. The summed E-state index contributed by atoms with van der Waals surface area (Å²) < 4.78 is 5.10. The van der Waals surface area contributed by atoms with Gasteiger partial charge in [0, 0.05) is 18.9 Å². The van der Waals surface area contributed by atoms with Gasteiger partial charge in [-0.3, -0.25) is 4.79 Å². The van der Waals surface area contributed by atoms with Crippen LogP contribution in [0.15, 0.2) is 24.3 Å². The molecule has 3 heteroatoms. The predicted octanol–water partition coefficient (Wildman–Crippen LogP) is 2.75. The smallest absolute Gasteiger partial charge is 0.224 e. The molecule has 0 radical (unpaired) electrons. The number of amides is 1. The number of nitrogens with one attached hydrogen (secondary N) is 1. The van der Waals surface area contributed by atoms with Crippen molar-refractivity contribution >= 4 is 5.91 Å². The van der Waals surface area contributed by atoms with Crippen LogP contribution >= 0.6 is 0 Å². The fraction of sp³-hybridized carbons (Fsp3) is 0.471. The lowest BCUT2D eigenvalue weighted by molar-refractivity contribution is -0.122. The molecule has 20 heavy (non-hydrogen) atoms. The van der Waals surface area contributed by atoms with Crippen molar-refractivity contribution in [1.29, 1.82) is 0 Å². The number of hydrogen-bond acceptors (Lipinski definition) is 2. The fourth-order valence-electron chi connectivity index (χ4n) is 2.04. The van der Waals surface area contributed by atoms with E-state index in [4.69, 9.17) is 4.74 Å². The number of benzene rings is 1. The molecule has 0 bridgehead atoms. The summed E-state index contributed by atoms with van der Waals surface area (Å²) in [5.41, 5.74) is 1.08. The molecule has 0 spiro atoms. The van der Waals surface area contributed by atoms with Crippen molar-refractivity contribution in [3.05, 3.63) is 29.8 Å². The zero-order chi connectivity index (χ0) is 14.4. The number of unbranched alkanes of at least 4 members (excludes halogenated alkanes) is 1. The highest BCUT2D eigenvalue weighted by atomic mass is 16.5. The topological polar surface area (TPSA) is 38.3 Å². The Balaban J connectivity index is 1.75. The van der Waals surface area contributed by atoms with Crippen LogP contribution in [0.3, 0.4) is 0 Å². The van der Waals surface area contributed by atoms with Crippen LogP contribution < -0.4 is 10.1 Å². The first-order chi connectivity index (χ1) is 9.74. The van der Waals surface area contributed by atoms with E-state index < -0.39 is 0 Å². The van der Waals surface area contributed by atoms with Gasteiger partial charge in [-0.15, -0.1) is 5.92 Å². The van der Waals surface area contributed by atoms with E-state index in [-0.39, 0.29) is 17.7 Å². The van der Waals surface area contributed by atoms with E-state index in [1.165, 1.54) is 0 Å². The standard InChI is InChI=1S/C17H21NO2/c1-3-4-5-6-14-11-16(14)17(19)18-12-13-7-9-15(20-2)10-8-13/h7-10,14,16H,3-4,11-12H2,1-2H3,(H,18,19)/t14-,16+/m0/s1. The van der Waals surface area contributed by atoms with Gasteiger partial charge < -0.3 is 10.1 Å². The highest BCUT2D eigenvalue weighted by Gasteiger charge is 2.41. The second-order valence-electron chi connectivity index (χ2n) is 5.09. The van der Waals surface area contributed by atoms with E-state index in [9.17, 15) is 4.79 Å². The molecule has 106 valence electrons. The number of ether oxygens (including phenoxy) is 1. The largest absolute Gasteiger partial charge is 0.497 e. The molecule has 0 aromatic heterocycles. The van der Waals surface area contributed by atoms with Gasteiger partial charge in [0.2, 0.25) is 5.91 Å². The molecule has 1 aliphatic carbocycles. The lowest BCUT2D eigenvalue weighted by Gasteiger charge is -2.05. The lowest BCUT2D eigenvalue weighted by Crippen LogP contribution is -2.24. The minimum Gasteiger partial charge on any atom is -0.497 e. The van der Waals surface area contributed by atoms with Gasteiger partial charge in [-0.25, -0.2) is 0 Å². The monoisotopic (exact) mass is 271 g/mol. The molecule has 1 aliphatic rings. The van der Waals surface area contributed by atoms with Crippen molar-refractivity contribution in [3.8, 4) is 17.6 Å². The molecule has 1 aromatic carbocycles. The Bertz CT molecular complexity index is 510. The van der Waals surface area contributed by atoms with E-state index in [1.807, 2.05) is 24.3 Å². The van der Waals surface area contributed by atoms with E-state index >= 15 is 0 Å². The van der Waals surface area contributed by atoms with Crippen LogP contribution in [0.5, 0.6) is 5.75 Å². The molecule has 2 atom stereocenters. The summed E-state index contributed by atoms with van der Waals surface area (Å²) >= 11 is 0. The Morgan fingerprint density at radius 3 is 2.80 bits per heavy atom. The van der Waals surface area contributed by atoms with Crippen LogP contribution in [0.2, 0.25) is 0 Å². The molecular formula is C17H21NO2. The van der Waals surface area contributed by atoms with Crippen LogP contribution in [-0.2, 0) is 11.3 Å². The van der Waals surface area contributed by atoms with Crippen LogP contribution in [0, 0.1) is 23.7 Å². The average Bonchev–Trinajstić information content (AvgIpc) is 3.25. The van der Waals surface area contributed by atoms with E-state index in [1.54, 1.807) is 7.11 Å². The van der Waals surface area contributed by atoms with Crippen molar-refractivity contribution in [3.63, 3.8) is 0 Å². The summed E-state index contributed by atoms with van der Waals surface area (Å²) in [6, 6.07) is 7.73. The second kappa shape index (κ2) is 7.00. The number of carbonyl (C=O) groups is 1. The van der Waals surface area contributed by atoms with E-state index in [0.29, 0.717) is 6.54 Å². The Hall–Kier alpha value is -1.95. The van der Waals surface area contributed by atoms with Crippen molar-refractivity contribution in [2.24, 2.45) is 11.8 Å². The van der Waals surface area contributed by atoms with Crippen LogP contribution in [-0.4, -0.2) is 13.0 Å². The van der Waals surface area contributed by atoms with Crippen LogP contribution in [0.4, 0.5) is 0 Å². The van der Waals surface area contributed by atoms with Gasteiger partial charge in [0.1, 0.15) is 5.75 Å². The summed E-state index contributed by atoms with van der Waals surface area (Å²) in [5, 5.41) is 2.97. The first kappa shape index (κ1) is 14.5. The first-order valence-corrected chi connectivity index (χ1v) is 7.13. The molecule has 2 rings (SSSR count). The number of carbonyl (C=O) groups excluding carboxylic acids is 1. The van der Waals surface area contributed by atoms with Gasteiger partial charge in [-0.1, -0.05) is 25.0 Å². The third kappa shape index (κ3) is 4.03. The molecule has 0 unspecified atom stereocenters. The Kier molecular flexibility index (Phi) is 5.06. The Labute approximate surface area is 120 Å². The highest BCUT2D eigenvalue weighted by molar-refractivity contribution is 5.82. The maximum absolute atomic E-state index is 11.9. The molecule has 0 saturated heterocycles. The molecule has 1 saturated carbocycles. The van der Waals surface area contributed by atoms with Crippen LogP contribution in [0.1, 0.15) is 31.7 Å². The number of hydrogen-bond donors (Lipinski definition) is 1. The lowest BCUT2D eigenvalue weighted by atomic mass is 10.2. The second-order valence-corrected chi connectivity index (χ2v) is 5.09. The SMILES string of the molecule is CCCC#C[C@H]1C[C@H]1C(=O)NCc1ccc(OC)cc1. The van der Waals surface area contributed by atoms with Gasteiger partial charge >= 0.3 is 0 Å². The third-order valence-electron chi connectivity index (χ3n) is 3.42. The Morgan fingerprint density at radius 1 is 1.40 bits per heavy atom. The molecule has 1 fully saturated rings. The summed E-state index contributed by atoms with van der Waals surface area (Å²) in [6.07, 6.45) is 2.91. The molecule has 1 N–H and O–H groups in total. The van der Waals surface area contributed by atoms with E-state index in [2.05, 4.69) is 24.1 Å². The molecule has 3 nitrogen and oxygen atoms in total. The van der Waals surface area contributed by atoms with Gasteiger partial charge in [-0.05, 0) is 30.5 Å². The van der Waals surface area contributed by atoms with Crippen LogP contribution in [0.25, 0.3) is 0 Å². The summed E-state index contributed by atoms with van der Waals surface area (Å²) in [6.45, 7) is 2.68. The zero-order valence-corrected chi connectivity index (χ0v) is 12.1. The van der Waals surface area contributed by atoms with E-state index in [0.717, 1.165) is 30.6 Å². The van der Waals surface area contributed by atoms with Gasteiger partial charge in [-0.2, -0.15) is 0 Å². The minimum absolute atomic E-state index is 0.0950. The molecule has 0 aliphatic heterocycles. The average molecular weight is 271 g/mol. The number of rotatable bonds is 5. The van der Waals surface area contributed by atoms with Crippen molar-refractivity contribution in [1.82, 2.24) is 5.32 Å². The normalized spacial score (nSPS) is 19.7. The van der Waals surface area contributed by atoms with Gasteiger partial charge in [0.25, 0.3) is 0 Å². The molecular weight excluding hydrogens is 250 g/mol. The third-order valence-corrected chi connectivity index (χ3v) is 3.42. The predicted molar refractivity (Wildman–Crippen MR) is 79.1 cm³/mol. The van der Waals surface area contributed by atoms with Crippen molar-refractivity contribution < 1.29 is 9.53 Å². The first-order valence-electron chi connectivity index (χ1n) is 7.13. The maximum Gasteiger partial charge on any atom is 0.224 e. The van der Waals surface area contributed by atoms with Crippen molar-refractivity contribution in [2.75, 3.05) is 7.11 Å². The number of methoxy groups -OCH3 is 1. The maximum atomic E-state index is 11.9.